The average molecular weight is 279 g/mol. The maximum Gasteiger partial charge on any atom is 0.173 e. The number of nitrogens with one attached hydrogen (secondary N) is 1. The monoisotopic (exact) mass is 279 g/mol. The Hall–Kier alpha value is -2.49. The van der Waals surface area contributed by atoms with Crippen molar-refractivity contribution in [2.75, 3.05) is 11.9 Å². The van der Waals surface area contributed by atoms with Gasteiger partial charge in [-0.05, 0) is 36.8 Å². The second-order valence-electron chi connectivity index (χ2n) is 5.50. The number of imidazole rings is 1. The highest BCUT2D eigenvalue weighted by atomic mass is 16.5. The van der Waals surface area contributed by atoms with E-state index in [2.05, 4.69) is 41.1 Å². The summed E-state index contributed by atoms with van der Waals surface area (Å²) in [5.74, 6) is 1.86. The third kappa shape index (κ3) is 1.95. The number of aryl methyl sites for hydroxylation is 2. The molecule has 106 valence electrons. The third-order valence-electron chi connectivity index (χ3n) is 3.99. The normalized spacial score (nSPS) is 17.1. The zero-order valence-electron chi connectivity index (χ0n) is 12.1. The molecule has 4 nitrogen and oxygen atoms in total. The molecule has 4 heteroatoms. The molecular weight excluding hydrogens is 262 g/mol. The molecule has 0 amide bonds. The average Bonchev–Trinajstić information content (AvgIpc) is 2.84. The van der Waals surface area contributed by atoms with Gasteiger partial charge in [-0.2, -0.15) is 0 Å². The van der Waals surface area contributed by atoms with Gasteiger partial charge in [-0.15, -0.1) is 0 Å². The van der Waals surface area contributed by atoms with Crippen molar-refractivity contribution in [1.29, 1.82) is 0 Å². The molecule has 0 radical (unpaired) electrons. The van der Waals surface area contributed by atoms with Gasteiger partial charge in [-0.1, -0.05) is 18.2 Å². The standard InChI is InChI=1S/C17H17N3O/c1-11-7-8-13-15(9-11)21-16(10-18-13)17-19-12-5-3-4-6-14(12)20(17)2/h3-9,16,18H,10H2,1-2H3. The van der Waals surface area contributed by atoms with Crippen molar-refractivity contribution in [1.82, 2.24) is 9.55 Å². The van der Waals surface area contributed by atoms with Crippen LogP contribution in [-0.2, 0) is 7.05 Å². The van der Waals surface area contributed by atoms with E-state index in [1.807, 2.05) is 25.2 Å². The van der Waals surface area contributed by atoms with E-state index in [4.69, 9.17) is 9.72 Å². The first-order chi connectivity index (χ1) is 10.2. The molecule has 2 aromatic carbocycles. The number of hydrogen-bond acceptors (Lipinski definition) is 3. The van der Waals surface area contributed by atoms with Crippen molar-refractivity contribution in [3.05, 3.63) is 53.9 Å². The molecule has 1 aliphatic rings. The molecule has 0 saturated heterocycles. The predicted octanol–water partition coefficient (Wildman–Crippen LogP) is 3.43. The molecule has 0 bridgehead atoms. The minimum atomic E-state index is -0.0725. The number of rotatable bonds is 1. The van der Waals surface area contributed by atoms with Gasteiger partial charge in [0, 0.05) is 7.05 Å². The largest absolute Gasteiger partial charge is 0.478 e. The highest BCUT2D eigenvalue weighted by molar-refractivity contribution is 5.76. The van der Waals surface area contributed by atoms with Crippen molar-refractivity contribution >= 4 is 16.7 Å². The molecule has 21 heavy (non-hydrogen) atoms. The van der Waals surface area contributed by atoms with Gasteiger partial charge in [0.15, 0.2) is 11.9 Å². The lowest BCUT2D eigenvalue weighted by atomic mass is 10.1. The van der Waals surface area contributed by atoms with Gasteiger partial charge < -0.3 is 14.6 Å². The topological polar surface area (TPSA) is 39.1 Å². The van der Waals surface area contributed by atoms with Gasteiger partial charge in [0.05, 0.1) is 23.3 Å². The number of ether oxygens (including phenoxy) is 1. The van der Waals surface area contributed by atoms with Crippen LogP contribution in [0.2, 0.25) is 0 Å². The predicted molar refractivity (Wildman–Crippen MR) is 83.8 cm³/mol. The first-order valence-electron chi connectivity index (χ1n) is 7.15. The Morgan fingerprint density at radius 2 is 2.10 bits per heavy atom. The van der Waals surface area contributed by atoms with Gasteiger partial charge >= 0.3 is 0 Å². The number of hydrogen-bond donors (Lipinski definition) is 1. The Morgan fingerprint density at radius 3 is 2.95 bits per heavy atom. The second kappa shape index (κ2) is 4.52. The summed E-state index contributed by atoms with van der Waals surface area (Å²) in [7, 11) is 2.04. The zero-order valence-corrected chi connectivity index (χ0v) is 12.1. The van der Waals surface area contributed by atoms with Crippen LogP contribution < -0.4 is 10.1 Å². The van der Waals surface area contributed by atoms with Gasteiger partial charge in [-0.3, -0.25) is 0 Å². The Kier molecular flexibility index (Phi) is 2.64. The van der Waals surface area contributed by atoms with Crippen LogP contribution in [-0.4, -0.2) is 16.1 Å². The molecule has 0 spiro atoms. The van der Waals surface area contributed by atoms with Crippen LogP contribution >= 0.6 is 0 Å². The number of nitrogens with zero attached hydrogens (tertiary/aromatic N) is 2. The van der Waals surface area contributed by atoms with Crippen molar-refractivity contribution in [2.24, 2.45) is 7.05 Å². The number of anilines is 1. The molecule has 1 unspecified atom stereocenters. The maximum absolute atomic E-state index is 6.16. The first-order valence-corrected chi connectivity index (χ1v) is 7.15. The van der Waals surface area contributed by atoms with E-state index in [0.717, 1.165) is 34.8 Å². The number of fused-ring (bicyclic) bond motifs is 2. The van der Waals surface area contributed by atoms with Gasteiger partial charge in [-0.25, -0.2) is 4.98 Å². The Bertz CT molecular complexity index is 822. The molecule has 0 saturated carbocycles. The fourth-order valence-electron chi connectivity index (χ4n) is 2.87. The highest BCUT2D eigenvalue weighted by Gasteiger charge is 2.25. The lowest BCUT2D eigenvalue weighted by molar-refractivity contribution is 0.197. The van der Waals surface area contributed by atoms with E-state index >= 15 is 0 Å². The molecular formula is C17H17N3O. The van der Waals surface area contributed by atoms with E-state index in [1.54, 1.807) is 0 Å². The molecule has 1 aromatic heterocycles. The maximum atomic E-state index is 6.16. The summed E-state index contributed by atoms with van der Waals surface area (Å²) in [6.45, 7) is 2.80. The van der Waals surface area contributed by atoms with Crippen molar-refractivity contribution in [2.45, 2.75) is 13.0 Å². The van der Waals surface area contributed by atoms with Crippen LogP contribution in [0, 0.1) is 6.92 Å². The highest BCUT2D eigenvalue weighted by Crippen LogP contribution is 2.35. The SMILES string of the molecule is Cc1ccc2c(c1)OC(c1nc3ccccc3n1C)CN2. The summed E-state index contributed by atoms with van der Waals surface area (Å²) >= 11 is 0. The summed E-state index contributed by atoms with van der Waals surface area (Å²) in [6, 6.07) is 14.4. The zero-order chi connectivity index (χ0) is 14.4. The van der Waals surface area contributed by atoms with E-state index < -0.39 is 0 Å². The summed E-state index contributed by atoms with van der Waals surface area (Å²) in [4.78, 5) is 4.73. The van der Waals surface area contributed by atoms with Gasteiger partial charge in [0.1, 0.15) is 5.75 Å². The molecule has 0 fully saturated rings. The van der Waals surface area contributed by atoms with Crippen molar-refractivity contribution in [3.63, 3.8) is 0 Å². The fraction of sp³-hybridized carbons (Fsp3) is 0.235. The minimum Gasteiger partial charge on any atom is -0.478 e. The first kappa shape index (κ1) is 12.3. The molecule has 1 aliphatic heterocycles. The van der Waals surface area contributed by atoms with Crippen molar-refractivity contribution in [3.8, 4) is 5.75 Å². The number of benzene rings is 2. The fourth-order valence-corrected chi connectivity index (χ4v) is 2.87. The van der Waals surface area contributed by atoms with E-state index in [1.165, 1.54) is 5.56 Å². The lowest BCUT2D eigenvalue weighted by Crippen LogP contribution is -2.26. The molecule has 1 atom stereocenters. The minimum absolute atomic E-state index is 0.0725. The summed E-state index contributed by atoms with van der Waals surface area (Å²) in [6.07, 6.45) is -0.0725. The van der Waals surface area contributed by atoms with Gasteiger partial charge in [0.25, 0.3) is 0 Å². The van der Waals surface area contributed by atoms with E-state index in [9.17, 15) is 0 Å². The molecule has 0 aliphatic carbocycles. The quantitative estimate of drug-likeness (QED) is 0.741. The Morgan fingerprint density at radius 1 is 1.24 bits per heavy atom. The van der Waals surface area contributed by atoms with E-state index in [0.29, 0.717) is 0 Å². The van der Waals surface area contributed by atoms with Crippen LogP contribution in [0.25, 0.3) is 11.0 Å². The molecule has 3 aromatic rings. The Balaban J connectivity index is 1.75. The smallest absolute Gasteiger partial charge is 0.173 e. The second-order valence-corrected chi connectivity index (χ2v) is 5.50. The molecule has 4 rings (SSSR count). The van der Waals surface area contributed by atoms with Crippen molar-refractivity contribution < 1.29 is 4.74 Å². The van der Waals surface area contributed by atoms with Crippen LogP contribution in [0.1, 0.15) is 17.5 Å². The van der Waals surface area contributed by atoms with Crippen LogP contribution in [0.5, 0.6) is 5.75 Å². The van der Waals surface area contributed by atoms with Crippen LogP contribution in [0.15, 0.2) is 42.5 Å². The van der Waals surface area contributed by atoms with E-state index in [-0.39, 0.29) is 6.10 Å². The van der Waals surface area contributed by atoms with Crippen LogP contribution in [0.3, 0.4) is 0 Å². The molecule has 1 N–H and O–H groups in total. The third-order valence-corrected chi connectivity index (χ3v) is 3.99. The lowest BCUT2D eigenvalue weighted by Gasteiger charge is -2.27. The van der Waals surface area contributed by atoms with Crippen LogP contribution in [0.4, 0.5) is 5.69 Å². The van der Waals surface area contributed by atoms with Gasteiger partial charge in [0.2, 0.25) is 0 Å². The summed E-state index contributed by atoms with van der Waals surface area (Å²) in [5.41, 5.74) is 4.39. The number of para-hydroxylation sites is 2. The Labute approximate surface area is 123 Å². The summed E-state index contributed by atoms with van der Waals surface area (Å²) < 4.78 is 8.28. The molecule has 2 heterocycles. The summed E-state index contributed by atoms with van der Waals surface area (Å²) in [5, 5.41) is 3.43. The number of aromatic nitrogens is 2.